The third-order valence-corrected chi connectivity index (χ3v) is 3.54. The number of rotatable bonds is 6. The molecule has 4 heteroatoms. The van der Waals surface area contributed by atoms with Crippen LogP contribution in [0.3, 0.4) is 0 Å². The van der Waals surface area contributed by atoms with Crippen LogP contribution >= 0.6 is 0 Å². The van der Waals surface area contributed by atoms with E-state index in [-0.39, 0.29) is 0 Å². The molecule has 1 heterocycles. The van der Waals surface area contributed by atoms with Crippen LogP contribution in [0.4, 0.5) is 0 Å². The smallest absolute Gasteiger partial charge is 0.119 e. The molecule has 1 atom stereocenters. The fourth-order valence-corrected chi connectivity index (χ4v) is 2.46. The van der Waals surface area contributed by atoms with E-state index in [9.17, 15) is 0 Å². The van der Waals surface area contributed by atoms with Crippen LogP contribution in [-0.2, 0) is 11.2 Å². The Balaban J connectivity index is 1.93. The minimum Gasteiger partial charge on any atom is -0.494 e. The molecule has 1 saturated heterocycles. The predicted molar refractivity (Wildman–Crippen MR) is 76.5 cm³/mol. The van der Waals surface area contributed by atoms with Gasteiger partial charge in [-0.05, 0) is 31.0 Å². The maximum Gasteiger partial charge on any atom is 0.119 e. The van der Waals surface area contributed by atoms with Gasteiger partial charge < -0.3 is 15.2 Å². The van der Waals surface area contributed by atoms with Crippen molar-refractivity contribution in [3.05, 3.63) is 29.8 Å². The first-order chi connectivity index (χ1) is 9.33. The van der Waals surface area contributed by atoms with E-state index in [4.69, 9.17) is 15.2 Å². The van der Waals surface area contributed by atoms with Gasteiger partial charge >= 0.3 is 0 Å². The molecule has 1 aliphatic rings. The number of nitrogens with two attached hydrogens (primary N) is 1. The zero-order valence-electron chi connectivity index (χ0n) is 11.7. The molecule has 0 saturated carbocycles. The van der Waals surface area contributed by atoms with Crippen LogP contribution in [0.15, 0.2) is 24.3 Å². The molecule has 0 amide bonds. The summed E-state index contributed by atoms with van der Waals surface area (Å²) in [4.78, 5) is 2.43. The fourth-order valence-electron chi connectivity index (χ4n) is 2.46. The van der Waals surface area contributed by atoms with Crippen molar-refractivity contribution >= 4 is 0 Å². The molecule has 0 aromatic heterocycles. The topological polar surface area (TPSA) is 47.7 Å². The van der Waals surface area contributed by atoms with Gasteiger partial charge in [-0.3, -0.25) is 4.90 Å². The monoisotopic (exact) mass is 264 g/mol. The van der Waals surface area contributed by atoms with Crippen LogP contribution in [0.5, 0.6) is 5.75 Å². The molecule has 2 rings (SSSR count). The Morgan fingerprint density at radius 3 is 2.53 bits per heavy atom. The molecule has 106 valence electrons. The molecular formula is C15H24N2O2. The van der Waals surface area contributed by atoms with Crippen molar-refractivity contribution in [1.82, 2.24) is 4.90 Å². The van der Waals surface area contributed by atoms with Crippen LogP contribution < -0.4 is 10.5 Å². The van der Waals surface area contributed by atoms with Crippen molar-refractivity contribution in [3.63, 3.8) is 0 Å². The molecule has 1 aromatic rings. The first-order valence-electron chi connectivity index (χ1n) is 7.07. The quantitative estimate of drug-likeness (QED) is 0.841. The average Bonchev–Trinajstić information content (AvgIpc) is 2.48. The Bertz CT molecular complexity index is 361. The van der Waals surface area contributed by atoms with Crippen LogP contribution in [0.1, 0.15) is 12.5 Å². The van der Waals surface area contributed by atoms with Gasteiger partial charge in [-0.2, -0.15) is 0 Å². The minimum atomic E-state index is 0.404. The van der Waals surface area contributed by atoms with Gasteiger partial charge in [0, 0.05) is 25.7 Å². The SMILES string of the molecule is CCOc1ccc(CC(CN)N2CCOCC2)cc1. The molecule has 0 bridgehead atoms. The summed E-state index contributed by atoms with van der Waals surface area (Å²) in [7, 11) is 0. The first kappa shape index (κ1) is 14.3. The summed E-state index contributed by atoms with van der Waals surface area (Å²) in [6, 6.07) is 8.74. The van der Waals surface area contributed by atoms with Crippen molar-refractivity contribution in [1.29, 1.82) is 0 Å². The molecule has 4 nitrogen and oxygen atoms in total. The third kappa shape index (κ3) is 4.20. The highest BCUT2D eigenvalue weighted by atomic mass is 16.5. The van der Waals surface area contributed by atoms with Crippen molar-refractivity contribution in [3.8, 4) is 5.75 Å². The molecule has 0 aliphatic carbocycles. The lowest BCUT2D eigenvalue weighted by molar-refractivity contribution is 0.0184. The Kier molecular flexibility index (Phi) is 5.63. The van der Waals surface area contributed by atoms with Gasteiger partial charge in [0.1, 0.15) is 5.75 Å². The van der Waals surface area contributed by atoms with E-state index in [0.717, 1.165) is 38.5 Å². The Morgan fingerprint density at radius 1 is 1.26 bits per heavy atom. The summed E-state index contributed by atoms with van der Waals surface area (Å²) < 4.78 is 10.8. The second-order valence-corrected chi connectivity index (χ2v) is 4.82. The lowest BCUT2D eigenvalue weighted by Crippen LogP contribution is -2.47. The summed E-state index contributed by atoms with van der Waals surface area (Å²) in [5.74, 6) is 0.932. The van der Waals surface area contributed by atoms with E-state index in [2.05, 4.69) is 17.0 Å². The van der Waals surface area contributed by atoms with Crippen molar-refractivity contribution in [2.45, 2.75) is 19.4 Å². The average molecular weight is 264 g/mol. The van der Waals surface area contributed by atoms with E-state index in [1.165, 1.54) is 5.56 Å². The highest BCUT2D eigenvalue weighted by molar-refractivity contribution is 5.27. The van der Waals surface area contributed by atoms with Crippen LogP contribution in [0.2, 0.25) is 0 Å². The second-order valence-electron chi connectivity index (χ2n) is 4.82. The fraction of sp³-hybridized carbons (Fsp3) is 0.600. The maximum atomic E-state index is 5.92. The second kappa shape index (κ2) is 7.48. The van der Waals surface area contributed by atoms with Gasteiger partial charge in [0.2, 0.25) is 0 Å². The largest absolute Gasteiger partial charge is 0.494 e. The summed E-state index contributed by atoms with van der Waals surface area (Å²) in [5.41, 5.74) is 7.23. The summed E-state index contributed by atoms with van der Waals surface area (Å²) in [5, 5.41) is 0. The standard InChI is InChI=1S/C15H24N2O2/c1-2-19-15-5-3-13(4-6-15)11-14(12-16)17-7-9-18-10-8-17/h3-6,14H,2,7-12,16H2,1H3. The molecule has 0 radical (unpaired) electrons. The van der Waals surface area contributed by atoms with Crippen molar-refractivity contribution in [2.24, 2.45) is 5.73 Å². The maximum absolute atomic E-state index is 5.92. The Hall–Kier alpha value is -1.10. The van der Waals surface area contributed by atoms with Gasteiger partial charge in [0.15, 0.2) is 0 Å². The molecule has 1 aromatic carbocycles. The molecule has 1 unspecified atom stereocenters. The van der Waals surface area contributed by atoms with E-state index in [1.54, 1.807) is 0 Å². The third-order valence-electron chi connectivity index (χ3n) is 3.54. The number of hydrogen-bond acceptors (Lipinski definition) is 4. The van der Waals surface area contributed by atoms with Gasteiger partial charge in [0.05, 0.1) is 19.8 Å². The zero-order chi connectivity index (χ0) is 13.5. The van der Waals surface area contributed by atoms with Crippen molar-refractivity contribution < 1.29 is 9.47 Å². The van der Waals surface area contributed by atoms with Crippen LogP contribution in [-0.4, -0.2) is 50.4 Å². The molecule has 0 spiro atoms. The summed E-state index contributed by atoms with van der Waals surface area (Å²) in [6.45, 7) is 7.00. The van der Waals surface area contributed by atoms with E-state index >= 15 is 0 Å². The lowest BCUT2D eigenvalue weighted by atomic mass is 10.0. The Morgan fingerprint density at radius 2 is 1.95 bits per heavy atom. The summed E-state index contributed by atoms with van der Waals surface area (Å²) >= 11 is 0. The normalized spacial score (nSPS) is 18.2. The van der Waals surface area contributed by atoms with Crippen LogP contribution in [0, 0.1) is 0 Å². The highest BCUT2D eigenvalue weighted by Gasteiger charge is 2.19. The van der Waals surface area contributed by atoms with Crippen LogP contribution in [0.25, 0.3) is 0 Å². The molecule has 1 aliphatic heterocycles. The van der Waals surface area contributed by atoms with Gasteiger partial charge in [-0.15, -0.1) is 0 Å². The van der Waals surface area contributed by atoms with Crippen molar-refractivity contribution in [2.75, 3.05) is 39.5 Å². The van der Waals surface area contributed by atoms with E-state index < -0.39 is 0 Å². The van der Waals surface area contributed by atoms with E-state index in [0.29, 0.717) is 19.2 Å². The molecule has 1 fully saturated rings. The number of benzene rings is 1. The number of hydrogen-bond donors (Lipinski definition) is 1. The number of morpholine rings is 1. The molecule has 2 N–H and O–H groups in total. The Labute approximate surface area is 115 Å². The molecule has 19 heavy (non-hydrogen) atoms. The zero-order valence-corrected chi connectivity index (χ0v) is 11.7. The minimum absolute atomic E-state index is 0.404. The lowest BCUT2D eigenvalue weighted by Gasteiger charge is -2.33. The van der Waals surface area contributed by atoms with E-state index in [1.807, 2.05) is 19.1 Å². The first-order valence-corrected chi connectivity index (χ1v) is 7.07. The predicted octanol–water partition coefficient (Wildman–Crippen LogP) is 1.29. The molecular weight excluding hydrogens is 240 g/mol. The van der Waals surface area contributed by atoms with Gasteiger partial charge in [-0.25, -0.2) is 0 Å². The van der Waals surface area contributed by atoms with Gasteiger partial charge in [-0.1, -0.05) is 12.1 Å². The number of ether oxygens (including phenoxy) is 2. The van der Waals surface area contributed by atoms with Gasteiger partial charge in [0.25, 0.3) is 0 Å². The highest BCUT2D eigenvalue weighted by Crippen LogP contribution is 2.15. The number of nitrogens with zero attached hydrogens (tertiary/aromatic N) is 1. The summed E-state index contributed by atoms with van der Waals surface area (Å²) in [6.07, 6.45) is 0.989.